The van der Waals surface area contributed by atoms with Gasteiger partial charge in [-0.2, -0.15) is 0 Å². The van der Waals surface area contributed by atoms with Crippen molar-refractivity contribution >= 4 is 56.8 Å². The van der Waals surface area contributed by atoms with Gasteiger partial charge in [0.15, 0.2) is 0 Å². The van der Waals surface area contributed by atoms with E-state index in [0.29, 0.717) is 0 Å². The van der Waals surface area contributed by atoms with Crippen LogP contribution >= 0.6 is 7.92 Å². The molecule has 0 unspecified atom stereocenters. The summed E-state index contributed by atoms with van der Waals surface area (Å²) in [6.45, 7) is 27.6. The first-order valence-electron chi connectivity index (χ1n) is 13.4. The molecular formula is C30H52FeN2PSi4+. The Morgan fingerprint density at radius 3 is 0.684 bits per heavy atom. The maximum absolute atomic E-state index is 4.82. The quantitative estimate of drug-likeness (QED) is 0.182. The summed E-state index contributed by atoms with van der Waals surface area (Å²) >= 11 is 0. The Labute approximate surface area is 251 Å². The van der Waals surface area contributed by atoms with Crippen LogP contribution in [0.15, 0.2) is 91.0 Å². The second kappa shape index (κ2) is 16.6. The molecule has 210 valence electrons. The van der Waals surface area contributed by atoms with Crippen LogP contribution in [-0.4, -0.2) is 32.9 Å². The second-order valence-electron chi connectivity index (χ2n) is 13.4. The van der Waals surface area contributed by atoms with Crippen LogP contribution in [0.5, 0.6) is 0 Å². The molecule has 0 heterocycles. The van der Waals surface area contributed by atoms with E-state index >= 15 is 0 Å². The summed E-state index contributed by atoms with van der Waals surface area (Å²) in [5, 5.41) is 4.31. The standard InChI is InChI=1S/C18H15P.2C6H18NSi2.Fe/c1-4-10-16(11-5-1)19(17-12-6-2-7-13-17)18-14-8-3-9-15-18;2*1-8(2,3)7-9(4,5)6;/h1-15H;2*1-6H3;/q;2*-1;+2/p+1. The molecule has 0 saturated heterocycles. The fraction of sp³-hybridized carbons (Fsp3) is 0.400. The number of hydrogen-bond donors (Lipinski definition) is 0. The Hall–Kier alpha value is -0.603. The van der Waals surface area contributed by atoms with E-state index in [1.54, 1.807) is 0 Å². The van der Waals surface area contributed by atoms with E-state index in [4.69, 9.17) is 9.30 Å². The largest absolute Gasteiger partial charge is 2.00 e. The van der Waals surface area contributed by atoms with E-state index < -0.39 is 40.9 Å². The Morgan fingerprint density at radius 2 is 0.553 bits per heavy atom. The zero-order valence-electron chi connectivity index (χ0n) is 25.9. The van der Waals surface area contributed by atoms with Crippen molar-refractivity contribution < 1.29 is 17.1 Å². The van der Waals surface area contributed by atoms with Gasteiger partial charge in [0.2, 0.25) is 0 Å². The number of benzene rings is 3. The molecule has 38 heavy (non-hydrogen) atoms. The number of rotatable bonds is 7. The maximum Gasteiger partial charge on any atom is 2.00 e. The first-order chi connectivity index (χ1) is 16.9. The molecule has 0 fully saturated rings. The fourth-order valence-corrected chi connectivity index (χ4v) is 23.0. The van der Waals surface area contributed by atoms with Crippen LogP contribution < -0.4 is 15.9 Å². The molecule has 0 spiro atoms. The predicted octanol–water partition coefficient (Wildman–Crippen LogP) is 9.23. The summed E-state index contributed by atoms with van der Waals surface area (Å²) in [5.41, 5.74) is 0. The zero-order valence-corrected chi connectivity index (χ0v) is 32.0. The Bertz CT molecular complexity index is 868. The SMILES string of the molecule is C[Si](C)(C)[N-][Si](C)(C)C.C[Si](C)(C)[N-][Si](C)(C)C.[Fe+2].c1ccc([PH+](c2ccccc2)c2ccccc2)cc1. The Balaban J connectivity index is 0.000000613. The summed E-state index contributed by atoms with van der Waals surface area (Å²) in [6.07, 6.45) is 0. The van der Waals surface area contributed by atoms with Crippen molar-refractivity contribution in [3.05, 3.63) is 100 Å². The molecule has 0 aliphatic heterocycles. The van der Waals surface area contributed by atoms with Crippen LogP contribution in [-0.2, 0) is 17.1 Å². The Kier molecular flexibility index (Phi) is 16.3. The molecule has 3 aromatic carbocycles. The van der Waals surface area contributed by atoms with E-state index in [9.17, 15) is 0 Å². The van der Waals surface area contributed by atoms with Gasteiger partial charge in [-0.25, -0.2) is 0 Å². The summed E-state index contributed by atoms with van der Waals surface area (Å²) in [4.78, 5) is 0. The zero-order chi connectivity index (χ0) is 28.3. The molecule has 0 N–H and O–H groups in total. The molecule has 0 aliphatic rings. The van der Waals surface area contributed by atoms with Crippen LogP contribution in [0.25, 0.3) is 9.30 Å². The Morgan fingerprint density at radius 1 is 0.368 bits per heavy atom. The van der Waals surface area contributed by atoms with Gasteiger partial charge in [-0.15, -0.1) is 0 Å². The van der Waals surface area contributed by atoms with Gasteiger partial charge in [-0.05, 0) is 36.4 Å². The van der Waals surface area contributed by atoms with E-state index in [0.717, 1.165) is 0 Å². The van der Waals surface area contributed by atoms with Crippen LogP contribution in [0.3, 0.4) is 0 Å². The molecule has 2 nitrogen and oxygen atoms in total. The molecule has 0 bridgehead atoms. The van der Waals surface area contributed by atoms with Gasteiger partial charge in [0, 0.05) is 0 Å². The molecule has 0 saturated carbocycles. The third kappa shape index (κ3) is 18.6. The number of nitrogens with zero attached hydrogens (tertiary/aromatic N) is 2. The molecule has 3 aromatic rings. The van der Waals surface area contributed by atoms with Gasteiger partial charge < -0.3 is 9.30 Å². The van der Waals surface area contributed by atoms with Gasteiger partial charge in [-0.3, -0.25) is 0 Å². The first-order valence-corrected chi connectivity index (χ1v) is 28.7. The van der Waals surface area contributed by atoms with Crippen molar-refractivity contribution in [3.63, 3.8) is 0 Å². The second-order valence-corrected chi connectivity index (χ2v) is 35.0. The van der Waals surface area contributed by atoms with Crippen molar-refractivity contribution in [1.82, 2.24) is 0 Å². The summed E-state index contributed by atoms with van der Waals surface area (Å²) < 4.78 is 9.64. The minimum absolute atomic E-state index is 0. The van der Waals surface area contributed by atoms with Crippen molar-refractivity contribution in [3.8, 4) is 0 Å². The van der Waals surface area contributed by atoms with Gasteiger partial charge in [0.1, 0.15) is 15.9 Å². The van der Waals surface area contributed by atoms with Crippen molar-refractivity contribution in [2.75, 3.05) is 0 Å². The van der Waals surface area contributed by atoms with Gasteiger partial charge in [0.05, 0.1) is 7.92 Å². The van der Waals surface area contributed by atoms with Gasteiger partial charge in [0.25, 0.3) is 0 Å². The number of hydrogen-bond acceptors (Lipinski definition) is 0. The van der Waals surface area contributed by atoms with Crippen molar-refractivity contribution in [1.29, 1.82) is 0 Å². The van der Waals surface area contributed by atoms with Gasteiger partial charge >= 0.3 is 17.1 Å². The van der Waals surface area contributed by atoms with Gasteiger partial charge in [-0.1, -0.05) is 166 Å². The van der Waals surface area contributed by atoms with Crippen LogP contribution in [0.2, 0.25) is 78.6 Å². The van der Waals surface area contributed by atoms with Crippen molar-refractivity contribution in [2.45, 2.75) is 78.6 Å². The van der Waals surface area contributed by atoms with Crippen molar-refractivity contribution in [2.24, 2.45) is 0 Å². The molecule has 0 amide bonds. The summed E-state index contributed by atoms with van der Waals surface area (Å²) in [5.74, 6) is 0. The third-order valence-electron chi connectivity index (χ3n) is 4.53. The van der Waals surface area contributed by atoms with Crippen LogP contribution in [0.1, 0.15) is 0 Å². The molecule has 8 heteroatoms. The minimum atomic E-state index is -1.11. The molecule has 0 radical (unpaired) electrons. The average molecular weight is 640 g/mol. The van der Waals surface area contributed by atoms with E-state index in [-0.39, 0.29) is 17.1 Å². The first kappa shape index (κ1) is 37.4. The minimum Gasteiger partial charge on any atom is -0.668 e. The normalized spacial score (nSPS) is 11.9. The van der Waals surface area contributed by atoms with E-state index in [1.165, 1.54) is 15.9 Å². The summed E-state index contributed by atoms with van der Waals surface area (Å²) in [6, 6.07) is 32.5. The molecular weight excluding hydrogens is 588 g/mol. The monoisotopic (exact) mass is 639 g/mol. The maximum atomic E-state index is 4.82. The molecule has 0 atom stereocenters. The smallest absolute Gasteiger partial charge is 0.668 e. The van der Waals surface area contributed by atoms with E-state index in [2.05, 4.69) is 170 Å². The van der Waals surface area contributed by atoms with Crippen LogP contribution in [0, 0.1) is 0 Å². The fourth-order valence-electron chi connectivity index (χ4n) is 4.33. The van der Waals surface area contributed by atoms with Crippen LogP contribution in [0.4, 0.5) is 0 Å². The summed E-state index contributed by atoms with van der Waals surface area (Å²) in [7, 11) is -5.30. The average Bonchev–Trinajstić information content (AvgIpc) is 2.72. The molecule has 0 aromatic heterocycles. The molecule has 3 rings (SSSR count). The third-order valence-corrected chi connectivity index (χ3v) is 18.0. The van der Waals surface area contributed by atoms with E-state index in [1.807, 2.05) is 0 Å². The predicted molar refractivity (Wildman–Crippen MR) is 187 cm³/mol. The topological polar surface area (TPSA) is 28.2 Å². The molecule has 0 aliphatic carbocycles.